The van der Waals surface area contributed by atoms with Crippen molar-refractivity contribution in [2.75, 3.05) is 13.1 Å². The molecule has 0 unspecified atom stereocenters. The fourth-order valence-electron chi connectivity index (χ4n) is 2.89. The van der Waals surface area contributed by atoms with Crippen molar-refractivity contribution < 1.29 is 4.79 Å². The maximum atomic E-state index is 13.1. The van der Waals surface area contributed by atoms with E-state index in [1.807, 2.05) is 34.6 Å². The van der Waals surface area contributed by atoms with E-state index >= 15 is 0 Å². The van der Waals surface area contributed by atoms with Crippen molar-refractivity contribution in [1.82, 2.24) is 19.7 Å². The summed E-state index contributed by atoms with van der Waals surface area (Å²) < 4.78 is 2.29. The van der Waals surface area contributed by atoms with Crippen molar-refractivity contribution in [2.24, 2.45) is 11.8 Å². The number of benzene rings is 1. The van der Waals surface area contributed by atoms with Crippen molar-refractivity contribution in [3.63, 3.8) is 0 Å². The third-order valence-electron chi connectivity index (χ3n) is 4.63. The standard InChI is InChI=1S/C21H32N4OS/c1-15(2)9-11-24(12-10-16(3)4)19(26)14-25-20(22-23-21(25)27)18-8-6-7-17(5)13-18/h6-8,13,15-16H,9-12,14H2,1-5H3,(H,23,27). The average Bonchev–Trinajstić information content (AvgIpc) is 2.95. The molecule has 1 aromatic carbocycles. The van der Waals surface area contributed by atoms with Gasteiger partial charge in [-0.15, -0.1) is 0 Å². The summed E-state index contributed by atoms with van der Waals surface area (Å²) in [7, 11) is 0. The van der Waals surface area contributed by atoms with Crippen molar-refractivity contribution >= 4 is 18.1 Å². The van der Waals surface area contributed by atoms with Crippen LogP contribution in [0, 0.1) is 23.5 Å². The second kappa shape index (κ2) is 9.83. The molecular formula is C21H32N4OS. The summed E-state index contributed by atoms with van der Waals surface area (Å²) in [6.45, 7) is 12.6. The Kier molecular flexibility index (Phi) is 7.78. The van der Waals surface area contributed by atoms with Gasteiger partial charge in [-0.2, -0.15) is 5.10 Å². The van der Waals surface area contributed by atoms with Gasteiger partial charge in [-0.3, -0.25) is 14.5 Å². The predicted molar refractivity (Wildman–Crippen MR) is 113 cm³/mol. The van der Waals surface area contributed by atoms with Crippen LogP contribution < -0.4 is 0 Å². The molecule has 1 amide bonds. The van der Waals surface area contributed by atoms with Crippen LogP contribution in [0.25, 0.3) is 11.4 Å². The smallest absolute Gasteiger partial charge is 0.242 e. The molecule has 2 aromatic rings. The van der Waals surface area contributed by atoms with E-state index in [2.05, 4.69) is 44.0 Å². The summed E-state index contributed by atoms with van der Waals surface area (Å²) in [5, 5.41) is 7.21. The molecular weight excluding hydrogens is 356 g/mol. The lowest BCUT2D eigenvalue weighted by molar-refractivity contribution is -0.132. The lowest BCUT2D eigenvalue weighted by atomic mass is 10.1. The first-order valence-electron chi connectivity index (χ1n) is 9.78. The summed E-state index contributed by atoms with van der Waals surface area (Å²) in [4.78, 5) is 15.0. The van der Waals surface area contributed by atoms with Gasteiger partial charge in [-0.05, 0) is 49.9 Å². The number of rotatable bonds is 9. The highest BCUT2D eigenvalue weighted by Gasteiger charge is 2.18. The Morgan fingerprint density at radius 3 is 2.37 bits per heavy atom. The molecule has 1 heterocycles. The number of carbonyl (C=O) groups excluding carboxylic acids is 1. The van der Waals surface area contributed by atoms with Crippen LogP contribution in [-0.4, -0.2) is 38.7 Å². The van der Waals surface area contributed by atoms with Gasteiger partial charge in [0.15, 0.2) is 10.6 Å². The molecule has 0 aliphatic heterocycles. The van der Waals surface area contributed by atoms with Crippen LogP contribution >= 0.6 is 12.2 Å². The van der Waals surface area contributed by atoms with Crippen LogP contribution in [0.15, 0.2) is 24.3 Å². The summed E-state index contributed by atoms with van der Waals surface area (Å²) in [5.41, 5.74) is 2.11. The van der Waals surface area contributed by atoms with Gasteiger partial charge in [0.25, 0.3) is 0 Å². The van der Waals surface area contributed by atoms with E-state index in [0.29, 0.717) is 22.4 Å². The Hall–Kier alpha value is -1.95. The van der Waals surface area contributed by atoms with Crippen LogP contribution in [-0.2, 0) is 11.3 Å². The molecule has 0 fully saturated rings. The second-order valence-corrected chi connectivity index (χ2v) is 8.44. The van der Waals surface area contributed by atoms with Gasteiger partial charge in [0.1, 0.15) is 6.54 Å². The lowest BCUT2D eigenvalue weighted by Crippen LogP contribution is -2.36. The molecule has 1 aromatic heterocycles. The summed E-state index contributed by atoms with van der Waals surface area (Å²) in [6, 6.07) is 8.08. The minimum Gasteiger partial charge on any atom is -0.341 e. The number of hydrogen-bond donors (Lipinski definition) is 1. The highest BCUT2D eigenvalue weighted by molar-refractivity contribution is 7.71. The SMILES string of the molecule is Cc1cccc(-c2n[nH]c(=S)n2CC(=O)N(CCC(C)C)CCC(C)C)c1. The molecule has 0 spiro atoms. The van der Waals surface area contributed by atoms with Crippen LogP contribution in [0.1, 0.15) is 46.1 Å². The number of nitrogens with one attached hydrogen (secondary N) is 1. The average molecular weight is 389 g/mol. The number of aryl methyl sites for hydroxylation is 1. The minimum absolute atomic E-state index is 0.0997. The molecule has 0 atom stereocenters. The molecule has 0 saturated heterocycles. The third kappa shape index (κ3) is 6.31. The normalized spacial score (nSPS) is 11.4. The highest BCUT2D eigenvalue weighted by atomic mass is 32.1. The number of nitrogens with zero attached hydrogens (tertiary/aromatic N) is 3. The zero-order chi connectivity index (χ0) is 20.0. The second-order valence-electron chi connectivity index (χ2n) is 8.05. The van der Waals surface area contributed by atoms with E-state index in [4.69, 9.17) is 12.2 Å². The maximum absolute atomic E-state index is 13.1. The molecule has 0 radical (unpaired) electrons. The Morgan fingerprint density at radius 1 is 1.19 bits per heavy atom. The van der Waals surface area contributed by atoms with Gasteiger partial charge in [0, 0.05) is 18.7 Å². The fraction of sp³-hybridized carbons (Fsp3) is 0.571. The van der Waals surface area contributed by atoms with E-state index in [1.54, 1.807) is 0 Å². The summed E-state index contributed by atoms with van der Waals surface area (Å²) in [6.07, 6.45) is 2.01. The maximum Gasteiger partial charge on any atom is 0.242 e. The first-order valence-corrected chi connectivity index (χ1v) is 10.2. The van der Waals surface area contributed by atoms with Crippen LogP contribution in [0.2, 0.25) is 0 Å². The quantitative estimate of drug-likeness (QED) is 0.626. The molecule has 0 aliphatic carbocycles. The van der Waals surface area contributed by atoms with E-state index in [-0.39, 0.29) is 12.5 Å². The number of amides is 1. The van der Waals surface area contributed by atoms with Gasteiger partial charge in [0.2, 0.25) is 5.91 Å². The zero-order valence-electron chi connectivity index (χ0n) is 17.2. The van der Waals surface area contributed by atoms with Gasteiger partial charge in [0.05, 0.1) is 0 Å². The Bertz CT molecular complexity index is 795. The highest BCUT2D eigenvalue weighted by Crippen LogP contribution is 2.19. The number of aromatic amines is 1. The van der Waals surface area contributed by atoms with Gasteiger partial charge in [-0.25, -0.2) is 0 Å². The van der Waals surface area contributed by atoms with Crippen LogP contribution in [0.4, 0.5) is 0 Å². The fourth-order valence-corrected chi connectivity index (χ4v) is 3.09. The Balaban J connectivity index is 2.21. The van der Waals surface area contributed by atoms with Gasteiger partial charge < -0.3 is 4.90 Å². The van der Waals surface area contributed by atoms with Crippen molar-refractivity contribution in [3.8, 4) is 11.4 Å². The van der Waals surface area contributed by atoms with E-state index in [0.717, 1.165) is 37.1 Å². The summed E-state index contributed by atoms with van der Waals surface area (Å²) in [5.74, 6) is 1.95. The van der Waals surface area contributed by atoms with Crippen LogP contribution in [0.5, 0.6) is 0 Å². The van der Waals surface area contributed by atoms with Gasteiger partial charge >= 0.3 is 0 Å². The van der Waals surface area contributed by atoms with Crippen molar-refractivity contribution in [3.05, 3.63) is 34.6 Å². The molecule has 0 saturated carbocycles. The predicted octanol–water partition coefficient (Wildman–Crippen LogP) is 4.84. The molecule has 0 bridgehead atoms. The largest absolute Gasteiger partial charge is 0.341 e. The van der Waals surface area contributed by atoms with Crippen molar-refractivity contribution in [1.29, 1.82) is 0 Å². The topological polar surface area (TPSA) is 53.9 Å². The number of aromatic nitrogens is 3. The number of carbonyl (C=O) groups is 1. The molecule has 6 heteroatoms. The molecule has 2 rings (SSSR count). The first-order chi connectivity index (χ1) is 12.8. The van der Waals surface area contributed by atoms with E-state index < -0.39 is 0 Å². The summed E-state index contributed by atoms with van der Waals surface area (Å²) >= 11 is 5.40. The molecule has 1 N–H and O–H groups in total. The van der Waals surface area contributed by atoms with Crippen molar-refractivity contribution in [2.45, 2.75) is 54.0 Å². The molecule has 5 nitrogen and oxygen atoms in total. The van der Waals surface area contributed by atoms with E-state index in [1.165, 1.54) is 0 Å². The molecule has 148 valence electrons. The van der Waals surface area contributed by atoms with Gasteiger partial charge in [-0.1, -0.05) is 51.5 Å². The molecule has 0 aliphatic rings. The van der Waals surface area contributed by atoms with Crippen LogP contribution in [0.3, 0.4) is 0 Å². The first kappa shape index (κ1) is 21.4. The molecule has 27 heavy (non-hydrogen) atoms. The Labute approximate surface area is 167 Å². The monoisotopic (exact) mass is 388 g/mol. The minimum atomic E-state index is 0.0997. The lowest BCUT2D eigenvalue weighted by Gasteiger charge is -2.25. The third-order valence-corrected chi connectivity index (χ3v) is 4.95. The Morgan fingerprint density at radius 2 is 1.81 bits per heavy atom. The van der Waals surface area contributed by atoms with E-state index in [9.17, 15) is 4.79 Å². The number of hydrogen-bond acceptors (Lipinski definition) is 3. The zero-order valence-corrected chi connectivity index (χ0v) is 18.0. The number of H-pyrrole nitrogens is 1.